The number of carbonyl (C=O) groups excluding carboxylic acids is 1. The average molecular weight is 469 g/mol. The Bertz CT molecular complexity index is 1340. The number of rotatable bonds is 6. The van der Waals surface area contributed by atoms with Gasteiger partial charge in [0, 0.05) is 17.3 Å². The predicted molar refractivity (Wildman–Crippen MR) is 131 cm³/mol. The van der Waals surface area contributed by atoms with Gasteiger partial charge in [-0.15, -0.1) is 0 Å². The monoisotopic (exact) mass is 469 g/mol. The van der Waals surface area contributed by atoms with Crippen molar-refractivity contribution >= 4 is 17.9 Å². The van der Waals surface area contributed by atoms with E-state index in [1.165, 1.54) is 0 Å². The molecule has 1 amide bonds. The summed E-state index contributed by atoms with van der Waals surface area (Å²) in [6.45, 7) is 3.74. The molecule has 0 atom stereocenters. The lowest BCUT2D eigenvalue weighted by Gasteiger charge is -2.14. The van der Waals surface area contributed by atoms with Crippen molar-refractivity contribution in [3.8, 4) is 28.3 Å². The van der Waals surface area contributed by atoms with E-state index >= 15 is 0 Å². The first-order chi connectivity index (χ1) is 16.9. The van der Waals surface area contributed by atoms with Crippen LogP contribution in [0.3, 0.4) is 0 Å². The highest BCUT2D eigenvalue weighted by atomic mass is 16.7. The third-order valence-corrected chi connectivity index (χ3v) is 5.16. The molecule has 176 valence electrons. The molecule has 4 rings (SSSR count). The molecule has 2 N–H and O–H groups in total. The number of hydrogen-bond acceptors (Lipinski definition) is 6. The predicted octanol–water partition coefficient (Wildman–Crippen LogP) is 6.23. The van der Waals surface area contributed by atoms with Gasteiger partial charge >= 0.3 is 12.2 Å². The summed E-state index contributed by atoms with van der Waals surface area (Å²) in [5.41, 5.74) is 5.48. The Hall–Kier alpha value is -4.72. The summed E-state index contributed by atoms with van der Waals surface area (Å²) in [7, 11) is 0. The molecule has 8 nitrogen and oxygen atoms in total. The molecule has 2 aromatic heterocycles. The number of pyridine rings is 2. The number of aryl methyl sites for hydroxylation is 2. The van der Waals surface area contributed by atoms with Crippen LogP contribution >= 0.6 is 0 Å². The van der Waals surface area contributed by atoms with E-state index in [9.17, 15) is 14.7 Å². The quantitative estimate of drug-likeness (QED) is 0.254. The molecule has 0 radical (unpaired) electrons. The molecular weight excluding hydrogens is 446 g/mol. The second-order valence-corrected chi connectivity index (χ2v) is 7.84. The Morgan fingerprint density at radius 3 is 2.31 bits per heavy atom. The molecule has 0 aliphatic heterocycles. The van der Waals surface area contributed by atoms with Gasteiger partial charge in [0.05, 0.1) is 22.8 Å². The third-order valence-electron chi connectivity index (χ3n) is 5.16. The molecule has 2 aromatic carbocycles. The van der Waals surface area contributed by atoms with Gasteiger partial charge < -0.3 is 14.6 Å². The molecule has 0 aliphatic rings. The first kappa shape index (κ1) is 23.4. The minimum atomic E-state index is -1.16. The van der Waals surface area contributed by atoms with Crippen molar-refractivity contribution in [1.29, 1.82) is 0 Å². The van der Waals surface area contributed by atoms with Crippen LogP contribution in [0.15, 0.2) is 79.0 Å². The van der Waals surface area contributed by atoms with E-state index in [0.717, 1.165) is 22.3 Å². The van der Waals surface area contributed by atoms with Crippen LogP contribution in [0.1, 0.15) is 16.8 Å². The zero-order valence-electron chi connectivity index (χ0n) is 19.2. The molecular formula is C27H23N3O5. The van der Waals surface area contributed by atoms with Crippen LogP contribution in [0, 0.1) is 13.8 Å². The second-order valence-electron chi connectivity index (χ2n) is 7.84. The van der Waals surface area contributed by atoms with Gasteiger partial charge in [-0.25, -0.2) is 14.6 Å². The molecule has 0 spiro atoms. The van der Waals surface area contributed by atoms with Gasteiger partial charge in [-0.05, 0) is 49.7 Å². The summed E-state index contributed by atoms with van der Waals surface area (Å²) in [6.07, 6.45) is -0.340. The van der Waals surface area contributed by atoms with E-state index in [4.69, 9.17) is 14.5 Å². The third kappa shape index (κ3) is 6.00. The van der Waals surface area contributed by atoms with Gasteiger partial charge in [-0.1, -0.05) is 48.0 Å². The van der Waals surface area contributed by atoms with Gasteiger partial charge in [0.1, 0.15) is 12.4 Å². The molecule has 0 bridgehead atoms. The van der Waals surface area contributed by atoms with Crippen molar-refractivity contribution in [2.75, 3.05) is 5.32 Å². The van der Waals surface area contributed by atoms with Gasteiger partial charge in [0.15, 0.2) is 0 Å². The number of anilines is 1. The van der Waals surface area contributed by atoms with Crippen LogP contribution in [0.5, 0.6) is 5.75 Å². The Balaban J connectivity index is 1.50. The average Bonchev–Trinajstić information content (AvgIpc) is 2.85. The van der Waals surface area contributed by atoms with E-state index in [2.05, 4.69) is 10.3 Å². The summed E-state index contributed by atoms with van der Waals surface area (Å²) in [4.78, 5) is 32.4. The summed E-state index contributed by atoms with van der Waals surface area (Å²) in [6, 6.07) is 21.7. The number of benzene rings is 2. The fourth-order valence-corrected chi connectivity index (χ4v) is 3.45. The molecule has 0 saturated carbocycles. The van der Waals surface area contributed by atoms with E-state index in [-0.39, 0.29) is 6.61 Å². The van der Waals surface area contributed by atoms with E-state index in [0.29, 0.717) is 28.5 Å². The molecule has 0 saturated heterocycles. The maximum Gasteiger partial charge on any atom is 0.514 e. The summed E-state index contributed by atoms with van der Waals surface area (Å²) < 4.78 is 10.3. The highest BCUT2D eigenvalue weighted by Crippen LogP contribution is 2.32. The molecule has 8 heteroatoms. The van der Waals surface area contributed by atoms with E-state index in [1.807, 2.05) is 62.4 Å². The van der Waals surface area contributed by atoms with Crippen LogP contribution < -0.4 is 10.1 Å². The van der Waals surface area contributed by atoms with Gasteiger partial charge in [0.25, 0.3) is 0 Å². The zero-order valence-corrected chi connectivity index (χ0v) is 19.2. The van der Waals surface area contributed by atoms with E-state index < -0.39 is 12.2 Å². The summed E-state index contributed by atoms with van der Waals surface area (Å²) in [5, 5.41) is 11.7. The zero-order chi connectivity index (χ0) is 24.8. The van der Waals surface area contributed by atoms with Crippen molar-refractivity contribution in [3.05, 3.63) is 95.8 Å². The highest BCUT2D eigenvalue weighted by molar-refractivity contribution is 5.90. The first-order valence-corrected chi connectivity index (χ1v) is 10.8. The van der Waals surface area contributed by atoms with Crippen LogP contribution in [0.25, 0.3) is 22.5 Å². The smallest absolute Gasteiger partial charge is 0.465 e. The number of nitrogens with one attached hydrogen (secondary N) is 1. The maximum absolute atomic E-state index is 12.0. The van der Waals surface area contributed by atoms with Gasteiger partial charge in [-0.2, -0.15) is 0 Å². The lowest BCUT2D eigenvalue weighted by Crippen LogP contribution is -2.11. The van der Waals surface area contributed by atoms with Gasteiger partial charge in [0.2, 0.25) is 0 Å². The molecule has 2 heterocycles. The minimum Gasteiger partial charge on any atom is -0.465 e. The Morgan fingerprint density at radius 2 is 1.66 bits per heavy atom. The molecule has 0 aliphatic carbocycles. The lowest BCUT2D eigenvalue weighted by molar-refractivity contribution is 0.0916. The molecule has 35 heavy (non-hydrogen) atoms. The molecule has 0 fully saturated rings. The van der Waals surface area contributed by atoms with Crippen LogP contribution in [0.4, 0.5) is 15.3 Å². The topological polar surface area (TPSA) is 111 Å². The largest absolute Gasteiger partial charge is 0.514 e. The number of carbonyl (C=O) groups is 2. The molecule has 0 unspecified atom stereocenters. The number of aromatic nitrogens is 2. The summed E-state index contributed by atoms with van der Waals surface area (Å²) in [5.74, 6) is 0.403. The maximum atomic E-state index is 12.0. The lowest BCUT2D eigenvalue weighted by atomic mass is 10.0. The second kappa shape index (κ2) is 10.5. The Morgan fingerprint density at radius 1 is 0.914 bits per heavy atom. The van der Waals surface area contributed by atoms with Crippen molar-refractivity contribution < 1.29 is 24.2 Å². The van der Waals surface area contributed by atoms with E-state index in [1.54, 1.807) is 30.5 Å². The first-order valence-electron chi connectivity index (χ1n) is 10.8. The van der Waals surface area contributed by atoms with Crippen LogP contribution in [-0.4, -0.2) is 27.3 Å². The number of hydrogen-bond donors (Lipinski definition) is 2. The highest BCUT2D eigenvalue weighted by Gasteiger charge is 2.15. The number of nitrogens with zero attached hydrogens (tertiary/aromatic N) is 2. The fourth-order valence-electron chi connectivity index (χ4n) is 3.45. The fraction of sp³-hybridized carbons (Fsp3) is 0.111. The Labute approximate surface area is 202 Å². The van der Waals surface area contributed by atoms with Gasteiger partial charge in [-0.3, -0.25) is 10.3 Å². The standard InChI is InChI=1S/C27H23N3O5/c1-17-8-12-22(13-9-17)35-27(33)34-16-21-11-10-20(15-28-21)24-18(2)14-23(29-26(31)32)25(30-24)19-6-4-3-5-7-19/h3-15,29H,16H2,1-2H3,(H,31,32). The SMILES string of the molecule is Cc1ccc(OC(=O)OCc2ccc(-c3nc(-c4ccccc4)c(NC(=O)O)cc3C)cn2)cc1. The minimum absolute atomic E-state index is 0.0475. The van der Waals surface area contributed by atoms with Crippen molar-refractivity contribution in [3.63, 3.8) is 0 Å². The number of carboxylic acid groups (broad SMARTS) is 1. The van der Waals surface area contributed by atoms with Crippen LogP contribution in [0.2, 0.25) is 0 Å². The van der Waals surface area contributed by atoms with Crippen molar-refractivity contribution in [1.82, 2.24) is 9.97 Å². The van der Waals surface area contributed by atoms with Crippen molar-refractivity contribution in [2.24, 2.45) is 0 Å². The molecule has 4 aromatic rings. The number of ether oxygens (including phenoxy) is 2. The normalized spacial score (nSPS) is 10.5. The summed E-state index contributed by atoms with van der Waals surface area (Å²) >= 11 is 0. The van der Waals surface area contributed by atoms with Crippen LogP contribution in [-0.2, 0) is 11.3 Å². The van der Waals surface area contributed by atoms with Crippen molar-refractivity contribution in [2.45, 2.75) is 20.5 Å². The Kier molecular flexibility index (Phi) is 7.02. The number of amides is 1.